The van der Waals surface area contributed by atoms with Crippen molar-refractivity contribution >= 4 is 17.1 Å². The summed E-state index contributed by atoms with van der Waals surface area (Å²) in [5.74, 6) is -0.290. The molecule has 0 radical (unpaired) electrons. The molecule has 2 aromatic rings. The molecule has 134 valence electrons. The number of H-pyrrole nitrogens is 1. The number of aromatic nitrogens is 1. The Labute approximate surface area is 153 Å². The molecule has 26 heavy (non-hydrogen) atoms. The standard InChI is InChI=1S/C22H23FN2O/c1-3-4-5-8-16(13-15(2)17-9-6-7-10-19(17)23)21-14-18-20(25-21)11-12-24-22(18)26/h4-10,13-14,25H,3,11-12H2,1-2H3,(H,24,26)/b5-4+,15-13+,16-8+. The number of amides is 1. The normalized spacial score (nSPS) is 15.3. The van der Waals surface area contributed by atoms with E-state index in [1.165, 1.54) is 6.07 Å². The second-order valence-corrected chi connectivity index (χ2v) is 6.35. The van der Waals surface area contributed by atoms with Crippen molar-refractivity contribution in [1.29, 1.82) is 0 Å². The third-order valence-corrected chi connectivity index (χ3v) is 4.43. The van der Waals surface area contributed by atoms with Gasteiger partial charge < -0.3 is 10.3 Å². The zero-order chi connectivity index (χ0) is 18.5. The molecule has 2 N–H and O–H groups in total. The predicted octanol–water partition coefficient (Wildman–Crippen LogP) is 4.89. The SMILES string of the molecule is CC/C=C/C=C(\C=C(/C)c1ccccc1F)c1cc2c([nH]1)CCNC2=O. The van der Waals surface area contributed by atoms with Gasteiger partial charge in [-0.15, -0.1) is 0 Å². The minimum Gasteiger partial charge on any atom is -0.358 e. The van der Waals surface area contributed by atoms with Gasteiger partial charge in [-0.05, 0) is 42.7 Å². The molecule has 3 rings (SSSR count). The van der Waals surface area contributed by atoms with Crippen LogP contribution < -0.4 is 5.32 Å². The second-order valence-electron chi connectivity index (χ2n) is 6.35. The van der Waals surface area contributed by atoms with Crippen molar-refractivity contribution in [2.24, 2.45) is 0 Å². The molecule has 2 heterocycles. The quantitative estimate of drug-likeness (QED) is 0.741. The fourth-order valence-electron chi connectivity index (χ4n) is 3.06. The minimum absolute atomic E-state index is 0.0491. The third-order valence-electron chi connectivity index (χ3n) is 4.43. The molecule has 0 atom stereocenters. The molecule has 4 heteroatoms. The Balaban J connectivity index is 2.03. The predicted molar refractivity (Wildman–Crippen MR) is 104 cm³/mol. The molecule has 0 bridgehead atoms. The molecule has 0 unspecified atom stereocenters. The van der Waals surface area contributed by atoms with Crippen molar-refractivity contribution in [3.05, 3.63) is 83.0 Å². The van der Waals surface area contributed by atoms with Crippen LogP contribution in [0.1, 0.15) is 47.6 Å². The van der Waals surface area contributed by atoms with Gasteiger partial charge in [0.15, 0.2) is 0 Å². The van der Waals surface area contributed by atoms with Crippen LogP contribution >= 0.6 is 0 Å². The number of aromatic amines is 1. The summed E-state index contributed by atoms with van der Waals surface area (Å²) in [5.41, 5.74) is 4.82. The number of hydrogen-bond donors (Lipinski definition) is 2. The van der Waals surface area contributed by atoms with Gasteiger partial charge in [-0.25, -0.2) is 4.39 Å². The Morgan fingerprint density at radius 2 is 2.12 bits per heavy atom. The van der Waals surface area contributed by atoms with E-state index in [0.717, 1.165) is 35.4 Å². The minimum atomic E-state index is -0.241. The molecular weight excluding hydrogens is 327 g/mol. The van der Waals surface area contributed by atoms with Gasteiger partial charge in [-0.2, -0.15) is 0 Å². The molecule has 1 aliphatic rings. The summed E-state index contributed by atoms with van der Waals surface area (Å²) in [5, 5.41) is 2.86. The van der Waals surface area contributed by atoms with Crippen LogP contribution in [0, 0.1) is 5.82 Å². The van der Waals surface area contributed by atoms with Crippen LogP contribution in [-0.4, -0.2) is 17.4 Å². The van der Waals surface area contributed by atoms with Gasteiger partial charge in [0, 0.05) is 29.9 Å². The summed E-state index contributed by atoms with van der Waals surface area (Å²) in [4.78, 5) is 15.4. The number of rotatable bonds is 5. The first-order valence-corrected chi connectivity index (χ1v) is 8.90. The van der Waals surface area contributed by atoms with Crippen LogP contribution in [-0.2, 0) is 6.42 Å². The van der Waals surface area contributed by atoms with E-state index in [1.807, 2.05) is 37.3 Å². The molecular formula is C22H23FN2O. The molecule has 0 saturated heterocycles. The lowest BCUT2D eigenvalue weighted by molar-refractivity contribution is 0.0946. The molecule has 1 aromatic carbocycles. The maximum atomic E-state index is 14.1. The zero-order valence-electron chi connectivity index (χ0n) is 15.1. The van der Waals surface area contributed by atoms with Gasteiger partial charge in [0.05, 0.1) is 5.56 Å². The Bertz CT molecular complexity index is 903. The first-order valence-electron chi connectivity index (χ1n) is 8.90. The lowest BCUT2D eigenvalue weighted by Gasteiger charge is -2.11. The summed E-state index contributed by atoms with van der Waals surface area (Å²) in [6.07, 6.45) is 9.71. The summed E-state index contributed by atoms with van der Waals surface area (Å²) in [6.45, 7) is 4.61. The van der Waals surface area contributed by atoms with E-state index in [-0.39, 0.29) is 11.7 Å². The maximum absolute atomic E-state index is 14.1. The third kappa shape index (κ3) is 3.85. The lowest BCUT2D eigenvalue weighted by Crippen LogP contribution is -2.31. The number of carbonyl (C=O) groups excluding carboxylic acids is 1. The topological polar surface area (TPSA) is 44.9 Å². The van der Waals surface area contributed by atoms with E-state index in [9.17, 15) is 9.18 Å². The summed E-state index contributed by atoms with van der Waals surface area (Å²) in [6, 6.07) is 8.62. The summed E-state index contributed by atoms with van der Waals surface area (Å²) in [7, 11) is 0. The van der Waals surface area contributed by atoms with Crippen molar-refractivity contribution in [3.63, 3.8) is 0 Å². The zero-order valence-corrected chi connectivity index (χ0v) is 15.1. The molecule has 0 spiro atoms. The molecule has 0 saturated carbocycles. The first-order chi connectivity index (χ1) is 12.6. The number of hydrogen-bond acceptors (Lipinski definition) is 1. The van der Waals surface area contributed by atoms with Crippen LogP contribution in [0.5, 0.6) is 0 Å². The fraction of sp³-hybridized carbons (Fsp3) is 0.227. The number of carbonyl (C=O) groups is 1. The van der Waals surface area contributed by atoms with E-state index < -0.39 is 0 Å². The van der Waals surface area contributed by atoms with Crippen LogP contribution in [0.3, 0.4) is 0 Å². The Kier molecular flexibility index (Phi) is 5.52. The first kappa shape index (κ1) is 17.9. The second kappa shape index (κ2) is 8.00. The van der Waals surface area contributed by atoms with E-state index in [1.54, 1.807) is 12.1 Å². The van der Waals surface area contributed by atoms with E-state index in [0.29, 0.717) is 17.7 Å². The molecule has 1 aliphatic heterocycles. The van der Waals surface area contributed by atoms with Crippen molar-refractivity contribution in [1.82, 2.24) is 10.3 Å². The highest BCUT2D eigenvalue weighted by Gasteiger charge is 2.20. The van der Waals surface area contributed by atoms with E-state index in [2.05, 4.69) is 23.3 Å². The molecule has 3 nitrogen and oxygen atoms in total. The van der Waals surface area contributed by atoms with Gasteiger partial charge in [-0.3, -0.25) is 4.79 Å². The van der Waals surface area contributed by atoms with Gasteiger partial charge in [-0.1, -0.05) is 43.4 Å². The molecule has 0 aliphatic carbocycles. The number of halogens is 1. The largest absolute Gasteiger partial charge is 0.358 e. The summed E-state index contributed by atoms with van der Waals surface area (Å²) >= 11 is 0. The van der Waals surface area contributed by atoms with Crippen LogP contribution in [0.2, 0.25) is 0 Å². The number of benzene rings is 1. The number of fused-ring (bicyclic) bond motifs is 1. The fourth-order valence-corrected chi connectivity index (χ4v) is 3.06. The number of nitrogens with one attached hydrogen (secondary N) is 2. The van der Waals surface area contributed by atoms with Crippen LogP contribution in [0.4, 0.5) is 4.39 Å². The number of allylic oxidation sites excluding steroid dienone is 6. The highest BCUT2D eigenvalue weighted by molar-refractivity contribution is 5.98. The van der Waals surface area contributed by atoms with Gasteiger partial charge in [0.25, 0.3) is 5.91 Å². The van der Waals surface area contributed by atoms with Crippen molar-refractivity contribution in [3.8, 4) is 0 Å². The Morgan fingerprint density at radius 1 is 1.31 bits per heavy atom. The lowest BCUT2D eigenvalue weighted by atomic mass is 10.0. The summed E-state index contributed by atoms with van der Waals surface area (Å²) < 4.78 is 14.1. The molecule has 0 fully saturated rings. The highest BCUT2D eigenvalue weighted by Crippen LogP contribution is 2.26. The monoisotopic (exact) mass is 350 g/mol. The van der Waals surface area contributed by atoms with E-state index >= 15 is 0 Å². The Hall–Kier alpha value is -2.88. The van der Waals surface area contributed by atoms with Gasteiger partial charge in [0.2, 0.25) is 0 Å². The van der Waals surface area contributed by atoms with Crippen molar-refractivity contribution < 1.29 is 9.18 Å². The smallest absolute Gasteiger partial charge is 0.253 e. The Morgan fingerprint density at radius 3 is 2.85 bits per heavy atom. The van der Waals surface area contributed by atoms with Crippen molar-refractivity contribution in [2.45, 2.75) is 26.7 Å². The maximum Gasteiger partial charge on any atom is 0.253 e. The van der Waals surface area contributed by atoms with E-state index in [4.69, 9.17) is 0 Å². The molecule has 1 aromatic heterocycles. The van der Waals surface area contributed by atoms with Crippen molar-refractivity contribution in [2.75, 3.05) is 6.54 Å². The average molecular weight is 350 g/mol. The highest BCUT2D eigenvalue weighted by atomic mass is 19.1. The van der Waals surface area contributed by atoms with Crippen LogP contribution in [0.25, 0.3) is 11.1 Å². The average Bonchev–Trinajstić information content (AvgIpc) is 3.07. The van der Waals surface area contributed by atoms with Gasteiger partial charge in [0.1, 0.15) is 5.82 Å². The van der Waals surface area contributed by atoms with Crippen LogP contribution in [0.15, 0.2) is 54.6 Å². The van der Waals surface area contributed by atoms with Gasteiger partial charge >= 0.3 is 0 Å². The molecule has 1 amide bonds.